The number of nitrogens with zero attached hydrogens (tertiary/aromatic N) is 1. The summed E-state index contributed by atoms with van der Waals surface area (Å²) in [6.45, 7) is 16.3. The molecule has 3 aliphatic heterocycles. The van der Waals surface area contributed by atoms with Crippen molar-refractivity contribution in [3.63, 3.8) is 0 Å². The molecule has 0 aromatic carbocycles. The van der Waals surface area contributed by atoms with E-state index in [0.717, 1.165) is 10.7 Å². The number of rotatable bonds is 8. The van der Waals surface area contributed by atoms with Gasteiger partial charge in [0, 0.05) is 32.6 Å². The fourth-order valence-electron chi connectivity index (χ4n) is 3.62. The second kappa shape index (κ2) is 9.77. The molecule has 0 bridgehead atoms. The first-order valence-corrected chi connectivity index (χ1v) is 17.2. The highest BCUT2D eigenvalue weighted by Crippen LogP contribution is 2.56. The number of amides is 1. The number of β-lactam (4-membered cyclic amide) rings is 1. The fourth-order valence-corrected chi connectivity index (χ4v) is 10.3. The number of thioether (sulfide) groups is 2. The predicted molar refractivity (Wildman–Crippen MR) is 136 cm³/mol. The molecular weight excluding hydrogens is 506 g/mol. The van der Waals surface area contributed by atoms with E-state index in [1.54, 1.807) is 4.90 Å². The molecule has 3 rings (SSSR count). The Morgan fingerprint density at radius 2 is 2.09 bits per heavy atom. The molecule has 3 heterocycles. The van der Waals surface area contributed by atoms with Crippen LogP contribution in [0.2, 0.25) is 18.1 Å². The Bertz CT molecular complexity index is 872. The van der Waals surface area contributed by atoms with E-state index in [1.165, 1.54) is 23.5 Å². The molecule has 0 aliphatic carbocycles. The molecule has 2 fully saturated rings. The van der Waals surface area contributed by atoms with E-state index in [4.69, 9.17) is 20.8 Å². The van der Waals surface area contributed by atoms with Gasteiger partial charge in [-0.3, -0.25) is 13.9 Å². The third-order valence-corrected chi connectivity index (χ3v) is 15.6. The SMILES string of the molecule is C=C(Cl)COC(=O)C1=C(S[C@H]2CC[S@@](=O)C2)SC2[C@@H]([C@@H](C)O[Si](C)(C)C(C)(C)C)C(=O)N12. The highest BCUT2D eigenvalue weighted by molar-refractivity contribution is 8.23. The van der Waals surface area contributed by atoms with Crippen molar-refractivity contribution in [2.24, 2.45) is 5.92 Å². The van der Waals surface area contributed by atoms with Gasteiger partial charge in [-0.1, -0.05) is 50.7 Å². The minimum absolute atomic E-state index is 0.0346. The molecular formula is C21H32ClNO5S3Si. The minimum atomic E-state index is -2.05. The van der Waals surface area contributed by atoms with Gasteiger partial charge < -0.3 is 9.16 Å². The molecule has 11 heteroatoms. The van der Waals surface area contributed by atoms with Crippen LogP contribution in [0, 0.1) is 5.92 Å². The maximum atomic E-state index is 13.2. The summed E-state index contributed by atoms with van der Waals surface area (Å²) >= 11 is 8.82. The molecule has 0 spiro atoms. The van der Waals surface area contributed by atoms with E-state index in [9.17, 15) is 13.8 Å². The topological polar surface area (TPSA) is 72.9 Å². The molecule has 5 atom stereocenters. The molecule has 2 saturated heterocycles. The van der Waals surface area contributed by atoms with Gasteiger partial charge in [-0.2, -0.15) is 0 Å². The van der Waals surface area contributed by atoms with Gasteiger partial charge in [0.2, 0.25) is 5.91 Å². The Morgan fingerprint density at radius 1 is 1.44 bits per heavy atom. The van der Waals surface area contributed by atoms with E-state index in [1.807, 2.05) is 6.92 Å². The van der Waals surface area contributed by atoms with Gasteiger partial charge in [0.15, 0.2) is 14.0 Å². The quantitative estimate of drug-likeness (QED) is 0.253. The Labute approximate surface area is 207 Å². The van der Waals surface area contributed by atoms with Crippen molar-refractivity contribution in [3.05, 3.63) is 21.5 Å². The third-order valence-electron chi connectivity index (χ3n) is 6.40. The van der Waals surface area contributed by atoms with Crippen LogP contribution in [0.3, 0.4) is 0 Å². The minimum Gasteiger partial charge on any atom is -0.455 e. The zero-order valence-electron chi connectivity index (χ0n) is 19.4. The van der Waals surface area contributed by atoms with Crippen molar-refractivity contribution in [2.75, 3.05) is 18.1 Å². The zero-order chi connectivity index (χ0) is 24.0. The average molecular weight is 538 g/mol. The third kappa shape index (κ3) is 5.35. The summed E-state index contributed by atoms with van der Waals surface area (Å²) < 4.78 is 24.4. The highest BCUT2D eigenvalue weighted by Gasteiger charge is 2.59. The summed E-state index contributed by atoms with van der Waals surface area (Å²) in [5, 5.41) is 0.216. The van der Waals surface area contributed by atoms with E-state index >= 15 is 0 Å². The summed E-state index contributed by atoms with van der Waals surface area (Å²) in [4.78, 5) is 27.6. The lowest BCUT2D eigenvalue weighted by Gasteiger charge is -2.48. The monoisotopic (exact) mass is 537 g/mol. The first-order valence-electron chi connectivity index (χ1n) is 10.7. The van der Waals surface area contributed by atoms with Gasteiger partial charge in [0.05, 0.1) is 16.3 Å². The summed E-state index contributed by atoms with van der Waals surface area (Å²) in [6.07, 6.45) is 0.579. The van der Waals surface area contributed by atoms with Crippen LogP contribution in [0.1, 0.15) is 34.1 Å². The number of ether oxygens (including phenoxy) is 1. The van der Waals surface area contributed by atoms with Gasteiger partial charge >= 0.3 is 5.97 Å². The molecule has 32 heavy (non-hydrogen) atoms. The van der Waals surface area contributed by atoms with E-state index in [-0.39, 0.29) is 50.9 Å². The summed E-state index contributed by atoms with van der Waals surface area (Å²) in [6, 6.07) is 0. The number of esters is 1. The summed E-state index contributed by atoms with van der Waals surface area (Å²) in [5.74, 6) is 0.260. The van der Waals surface area contributed by atoms with Crippen molar-refractivity contribution >= 4 is 66.1 Å². The first-order chi connectivity index (χ1) is 14.7. The Kier molecular flexibility index (Phi) is 8.05. The summed E-state index contributed by atoms with van der Waals surface area (Å²) in [5.41, 5.74) is 0.279. The average Bonchev–Trinajstić information content (AvgIpc) is 3.19. The van der Waals surface area contributed by atoms with Gasteiger partial charge in [0.1, 0.15) is 12.0 Å². The van der Waals surface area contributed by atoms with Crippen LogP contribution in [0.15, 0.2) is 21.5 Å². The zero-order valence-corrected chi connectivity index (χ0v) is 23.6. The Balaban J connectivity index is 1.79. The molecule has 1 amide bonds. The molecule has 0 aromatic rings. The standard InChI is InChI=1S/C21H32ClNO5S3Si/c1-12(22)10-27-19(25)16-20(29-14-8-9-31(26)11-14)30-18-15(17(24)23(16)18)13(2)28-32(6,7)21(3,4)5/h13-15,18H,1,8-11H2,2-7H3/t13-,14+,15+,18?,31-/m1/s1. The molecule has 180 valence electrons. The normalized spacial score (nSPS) is 29.1. The molecule has 6 nitrogen and oxygen atoms in total. The van der Waals surface area contributed by atoms with E-state index < -0.39 is 25.1 Å². The van der Waals surface area contributed by atoms with E-state index in [2.05, 4.69) is 40.4 Å². The lowest BCUT2D eigenvalue weighted by Crippen LogP contribution is -2.62. The first kappa shape index (κ1) is 26.3. The van der Waals surface area contributed by atoms with Gasteiger partial charge in [-0.25, -0.2) is 4.79 Å². The molecule has 0 radical (unpaired) electrons. The largest absolute Gasteiger partial charge is 0.455 e. The maximum absolute atomic E-state index is 13.2. The lowest BCUT2D eigenvalue weighted by atomic mass is 9.92. The van der Waals surface area contributed by atoms with Gasteiger partial charge in [-0.15, -0.1) is 11.8 Å². The van der Waals surface area contributed by atoms with Crippen LogP contribution < -0.4 is 0 Å². The number of hydrogen-bond donors (Lipinski definition) is 0. The van der Waals surface area contributed by atoms with Crippen molar-refractivity contribution in [1.82, 2.24) is 4.90 Å². The van der Waals surface area contributed by atoms with Crippen LogP contribution in [0.25, 0.3) is 0 Å². The van der Waals surface area contributed by atoms with Crippen LogP contribution in [0.5, 0.6) is 0 Å². The molecule has 3 aliphatic rings. The molecule has 0 aromatic heterocycles. The van der Waals surface area contributed by atoms with Crippen molar-refractivity contribution in [1.29, 1.82) is 0 Å². The van der Waals surface area contributed by atoms with Crippen LogP contribution in [-0.2, 0) is 29.6 Å². The van der Waals surface area contributed by atoms with Crippen molar-refractivity contribution in [2.45, 2.75) is 69.0 Å². The molecule has 1 unspecified atom stereocenters. The maximum Gasteiger partial charge on any atom is 0.357 e. The van der Waals surface area contributed by atoms with Crippen LogP contribution >= 0.6 is 35.1 Å². The van der Waals surface area contributed by atoms with E-state index in [0.29, 0.717) is 11.5 Å². The van der Waals surface area contributed by atoms with Crippen LogP contribution in [0.4, 0.5) is 0 Å². The Hall–Kier alpha value is -0.263. The van der Waals surface area contributed by atoms with Gasteiger partial charge in [-0.05, 0) is 31.5 Å². The number of carbonyl (C=O) groups excluding carboxylic acids is 2. The number of fused-ring (bicyclic) bond motifs is 1. The molecule has 0 N–H and O–H groups in total. The summed E-state index contributed by atoms with van der Waals surface area (Å²) in [7, 11) is -2.88. The second-order valence-electron chi connectivity index (χ2n) is 9.89. The second-order valence-corrected chi connectivity index (χ2v) is 19.5. The number of hydrogen-bond acceptors (Lipinski definition) is 7. The van der Waals surface area contributed by atoms with Crippen molar-refractivity contribution in [3.8, 4) is 0 Å². The van der Waals surface area contributed by atoms with Crippen LogP contribution in [-0.4, -0.2) is 64.1 Å². The number of halogens is 1. The van der Waals surface area contributed by atoms with Crippen molar-refractivity contribution < 1.29 is 23.0 Å². The fraction of sp³-hybridized carbons (Fsp3) is 0.714. The predicted octanol–water partition coefficient (Wildman–Crippen LogP) is 4.65. The number of carbonyl (C=O) groups is 2. The lowest BCUT2D eigenvalue weighted by molar-refractivity contribution is -0.157. The molecule has 0 saturated carbocycles. The Morgan fingerprint density at radius 3 is 2.62 bits per heavy atom. The smallest absolute Gasteiger partial charge is 0.357 e. The van der Waals surface area contributed by atoms with Gasteiger partial charge in [0.25, 0.3) is 0 Å². The highest BCUT2D eigenvalue weighted by atomic mass is 35.5.